The number of sulfonamides is 2. The molecule has 1 heterocycles. The number of nitrogens with one attached hydrogen (secondary N) is 1. The van der Waals surface area contributed by atoms with E-state index in [1.807, 2.05) is 6.92 Å². The summed E-state index contributed by atoms with van der Waals surface area (Å²) in [6.07, 6.45) is 1.77. The number of nitrogens with zero attached hydrogens (tertiary/aromatic N) is 2. The van der Waals surface area contributed by atoms with Crippen molar-refractivity contribution in [3.8, 4) is 5.75 Å². The Kier molecular flexibility index (Phi) is 7.95. The van der Waals surface area contributed by atoms with Gasteiger partial charge in [0.15, 0.2) is 0 Å². The van der Waals surface area contributed by atoms with Gasteiger partial charge in [0, 0.05) is 33.3 Å². The zero-order valence-corrected chi connectivity index (χ0v) is 20.3. The van der Waals surface area contributed by atoms with Crippen molar-refractivity contribution < 1.29 is 31.1 Å². The molecule has 3 atom stereocenters. The summed E-state index contributed by atoms with van der Waals surface area (Å²) in [5.74, 6) is -0.339. The molecule has 0 saturated carbocycles. The maximum Gasteiger partial charge on any atom is 0.257 e. The number of anilines is 1. The number of benzene rings is 1. The van der Waals surface area contributed by atoms with E-state index in [0.717, 1.165) is 12.5 Å². The maximum atomic E-state index is 13.1. The van der Waals surface area contributed by atoms with E-state index in [4.69, 9.17) is 9.47 Å². The Hall–Kier alpha value is -1.89. The van der Waals surface area contributed by atoms with E-state index in [-0.39, 0.29) is 54.6 Å². The van der Waals surface area contributed by atoms with E-state index in [1.165, 1.54) is 34.5 Å². The van der Waals surface area contributed by atoms with Crippen molar-refractivity contribution in [2.24, 2.45) is 5.92 Å². The lowest BCUT2D eigenvalue weighted by molar-refractivity contribution is 0.0213. The number of methoxy groups -OCH3 is 1. The molecule has 1 aliphatic heterocycles. The molecule has 0 fully saturated rings. The summed E-state index contributed by atoms with van der Waals surface area (Å²) in [4.78, 5) is 14.5. The molecule has 12 heteroatoms. The SMILES string of the molecule is CO[C@H]1CN(C)C(=O)c2ccc(NS(C)(=O)=O)cc2OC[C@@H](C)N(S(C)(=O)=O)C[C@@H]1C. The van der Waals surface area contributed by atoms with Gasteiger partial charge in [-0.15, -0.1) is 0 Å². The number of rotatable bonds is 4. The highest BCUT2D eigenvalue weighted by Gasteiger charge is 2.31. The molecular weight excluding hydrogens is 446 g/mol. The highest BCUT2D eigenvalue weighted by Crippen LogP contribution is 2.27. The summed E-state index contributed by atoms with van der Waals surface area (Å²) >= 11 is 0. The Morgan fingerprint density at radius 1 is 1.13 bits per heavy atom. The summed E-state index contributed by atoms with van der Waals surface area (Å²) < 4.78 is 63.1. The molecule has 1 N–H and O–H groups in total. The van der Waals surface area contributed by atoms with Gasteiger partial charge in [-0.25, -0.2) is 16.8 Å². The molecule has 0 unspecified atom stereocenters. The van der Waals surface area contributed by atoms with Gasteiger partial charge in [-0.3, -0.25) is 9.52 Å². The first-order valence-electron chi connectivity index (χ1n) is 9.72. The van der Waals surface area contributed by atoms with Crippen LogP contribution in [0.25, 0.3) is 0 Å². The Labute approximate surface area is 184 Å². The first-order chi connectivity index (χ1) is 14.2. The third-order valence-corrected chi connectivity index (χ3v) is 7.09. The lowest BCUT2D eigenvalue weighted by atomic mass is 10.0. The predicted octanol–water partition coefficient (Wildman–Crippen LogP) is 0.824. The van der Waals surface area contributed by atoms with Crippen molar-refractivity contribution in [1.82, 2.24) is 9.21 Å². The maximum absolute atomic E-state index is 13.1. The zero-order valence-electron chi connectivity index (χ0n) is 18.7. The molecule has 0 saturated heterocycles. The molecule has 0 aliphatic carbocycles. The van der Waals surface area contributed by atoms with Crippen LogP contribution in [0.1, 0.15) is 24.2 Å². The van der Waals surface area contributed by atoms with Crippen LogP contribution in [0.3, 0.4) is 0 Å². The second kappa shape index (κ2) is 9.72. The lowest BCUT2D eigenvalue weighted by Gasteiger charge is -2.34. The normalized spacial score (nSPS) is 24.5. The second-order valence-corrected chi connectivity index (χ2v) is 11.7. The van der Waals surface area contributed by atoms with Crippen molar-refractivity contribution in [3.63, 3.8) is 0 Å². The molecule has 1 aromatic carbocycles. The fraction of sp³-hybridized carbons (Fsp3) is 0.632. The van der Waals surface area contributed by atoms with Crippen LogP contribution in [0.5, 0.6) is 5.75 Å². The second-order valence-electron chi connectivity index (χ2n) is 8.01. The van der Waals surface area contributed by atoms with E-state index >= 15 is 0 Å². The fourth-order valence-corrected chi connectivity index (χ4v) is 5.25. The molecule has 1 aliphatic rings. The fourth-order valence-electron chi connectivity index (χ4n) is 3.48. The number of carbonyl (C=O) groups is 1. The molecule has 0 spiro atoms. The summed E-state index contributed by atoms with van der Waals surface area (Å²) in [5, 5.41) is 0. The third-order valence-electron chi connectivity index (χ3n) is 5.12. The van der Waals surface area contributed by atoms with Gasteiger partial charge in [-0.1, -0.05) is 6.92 Å². The summed E-state index contributed by atoms with van der Waals surface area (Å²) in [6, 6.07) is 3.85. The number of hydrogen-bond donors (Lipinski definition) is 1. The number of ether oxygens (including phenoxy) is 2. The minimum atomic E-state index is -3.54. The average molecular weight is 478 g/mol. The smallest absolute Gasteiger partial charge is 0.257 e. The molecule has 176 valence electrons. The van der Waals surface area contributed by atoms with Crippen LogP contribution in [0.2, 0.25) is 0 Å². The number of likely N-dealkylation sites (N-methyl/N-ethyl adjacent to an activating group) is 1. The molecule has 31 heavy (non-hydrogen) atoms. The molecule has 1 aromatic rings. The van der Waals surface area contributed by atoms with Crippen molar-refractivity contribution in [2.45, 2.75) is 26.0 Å². The zero-order chi connectivity index (χ0) is 23.6. The number of hydrogen-bond acceptors (Lipinski definition) is 7. The predicted molar refractivity (Wildman–Crippen MR) is 118 cm³/mol. The third kappa shape index (κ3) is 6.79. The Morgan fingerprint density at radius 3 is 2.32 bits per heavy atom. The van der Waals surface area contributed by atoms with Gasteiger partial charge in [0.05, 0.1) is 35.9 Å². The van der Waals surface area contributed by atoms with E-state index in [0.29, 0.717) is 0 Å². The van der Waals surface area contributed by atoms with Gasteiger partial charge in [0.2, 0.25) is 20.0 Å². The summed E-state index contributed by atoms with van der Waals surface area (Å²) in [7, 11) is -3.92. The van der Waals surface area contributed by atoms with Gasteiger partial charge >= 0.3 is 0 Å². The topological polar surface area (TPSA) is 122 Å². The van der Waals surface area contributed by atoms with Crippen LogP contribution in [0.15, 0.2) is 18.2 Å². The minimum Gasteiger partial charge on any atom is -0.491 e. The van der Waals surface area contributed by atoms with Crippen LogP contribution in [0.4, 0.5) is 5.69 Å². The molecular formula is C19H31N3O7S2. The average Bonchev–Trinajstić information content (AvgIpc) is 2.64. The van der Waals surface area contributed by atoms with Gasteiger partial charge in [0.1, 0.15) is 12.4 Å². The number of carbonyl (C=O) groups excluding carboxylic acids is 1. The van der Waals surface area contributed by atoms with Crippen LogP contribution in [-0.2, 0) is 24.8 Å². The van der Waals surface area contributed by atoms with Crippen LogP contribution < -0.4 is 9.46 Å². The van der Waals surface area contributed by atoms with Crippen LogP contribution in [0, 0.1) is 5.92 Å². The van der Waals surface area contributed by atoms with Gasteiger partial charge < -0.3 is 14.4 Å². The van der Waals surface area contributed by atoms with Crippen molar-refractivity contribution in [3.05, 3.63) is 23.8 Å². The van der Waals surface area contributed by atoms with Gasteiger partial charge in [-0.05, 0) is 25.0 Å². The van der Waals surface area contributed by atoms with E-state index in [9.17, 15) is 21.6 Å². The number of amides is 1. The molecule has 1 amide bonds. The monoisotopic (exact) mass is 477 g/mol. The lowest BCUT2D eigenvalue weighted by Crippen LogP contribution is -2.48. The number of fused-ring (bicyclic) bond motifs is 1. The molecule has 2 rings (SSSR count). The highest BCUT2D eigenvalue weighted by molar-refractivity contribution is 7.92. The van der Waals surface area contributed by atoms with Crippen molar-refractivity contribution in [1.29, 1.82) is 0 Å². The van der Waals surface area contributed by atoms with Crippen molar-refractivity contribution in [2.75, 3.05) is 51.1 Å². The Morgan fingerprint density at radius 2 is 1.77 bits per heavy atom. The molecule has 10 nitrogen and oxygen atoms in total. The highest BCUT2D eigenvalue weighted by atomic mass is 32.2. The summed E-state index contributed by atoms with van der Waals surface area (Å²) in [5.41, 5.74) is 0.475. The van der Waals surface area contributed by atoms with E-state index in [1.54, 1.807) is 14.0 Å². The van der Waals surface area contributed by atoms with Crippen molar-refractivity contribution >= 4 is 31.6 Å². The first kappa shape index (κ1) is 25.4. The standard InChI is InChI=1S/C19H31N3O7S2/c1-13-10-22(31(6,26)27)14(2)12-29-17-9-15(20-30(5,24)25)7-8-16(17)19(23)21(3)11-18(13)28-4/h7-9,13-14,18,20H,10-12H2,1-6H3/t13-,14+,18-/m0/s1. The minimum absolute atomic E-state index is 0.0240. The van der Waals surface area contributed by atoms with Gasteiger partial charge in [-0.2, -0.15) is 4.31 Å². The molecule has 0 radical (unpaired) electrons. The Bertz CT molecular complexity index is 1010. The van der Waals surface area contributed by atoms with Crippen LogP contribution >= 0.6 is 0 Å². The van der Waals surface area contributed by atoms with Crippen LogP contribution in [-0.4, -0.2) is 90.5 Å². The quantitative estimate of drug-likeness (QED) is 0.681. The van der Waals surface area contributed by atoms with E-state index < -0.39 is 26.1 Å². The Balaban J connectivity index is 2.52. The summed E-state index contributed by atoms with van der Waals surface area (Å²) in [6.45, 7) is 4.01. The van der Waals surface area contributed by atoms with E-state index in [2.05, 4.69) is 4.72 Å². The molecule has 0 aromatic heterocycles. The van der Waals surface area contributed by atoms with Gasteiger partial charge in [0.25, 0.3) is 5.91 Å². The largest absolute Gasteiger partial charge is 0.491 e. The molecule has 0 bridgehead atoms. The first-order valence-corrected chi connectivity index (χ1v) is 13.5.